The minimum atomic E-state index is -0.742. The number of amides is 2. The van der Waals surface area contributed by atoms with Crippen LogP contribution in [0.3, 0.4) is 0 Å². The molecule has 0 radical (unpaired) electrons. The van der Waals surface area contributed by atoms with E-state index in [-0.39, 0.29) is 18.0 Å². The maximum Gasteiger partial charge on any atom is 0.319 e. The molecule has 1 aliphatic rings. The van der Waals surface area contributed by atoms with Gasteiger partial charge in [0, 0.05) is 14.6 Å². The molecule has 114 valence electrons. The van der Waals surface area contributed by atoms with Crippen molar-refractivity contribution in [3.8, 4) is 0 Å². The van der Waals surface area contributed by atoms with Crippen molar-refractivity contribution in [2.24, 2.45) is 5.92 Å². The second kappa shape index (κ2) is 7.31. The van der Waals surface area contributed by atoms with Crippen LogP contribution >= 0.6 is 34.2 Å². The van der Waals surface area contributed by atoms with Gasteiger partial charge in [-0.2, -0.15) is 0 Å². The summed E-state index contributed by atoms with van der Waals surface area (Å²) in [4.78, 5) is 22.8. The summed E-state index contributed by atoms with van der Waals surface area (Å²) in [5.41, 5.74) is 0.705. The van der Waals surface area contributed by atoms with Crippen molar-refractivity contribution in [2.75, 3.05) is 5.32 Å². The van der Waals surface area contributed by atoms with Crippen molar-refractivity contribution < 1.29 is 14.7 Å². The number of anilines is 1. The Bertz CT molecular complexity index is 545. The zero-order valence-electron chi connectivity index (χ0n) is 11.2. The van der Waals surface area contributed by atoms with Crippen LogP contribution in [-0.4, -0.2) is 23.1 Å². The Morgan fingerprint density at radius 2 is 1.90 bits per heavy atom. The van der Waals surface area contributed by atoms with E-state index in [2.05, 4.69) is 33.2 Å². The molecule has 2 amide bonds. The van der Waals surface area contributed by atoms with Crippen LogP contribution in [0.4, 0.5) is 10.5 Å². The first-order valence-electron chi connectivity index (χ1n) is 6.71. The van der Waals surface area contributed by atoms with Gasteiger partial charge in [-0.1, -0.05) is 11.6 Å². The van der Waals surface area contributed by atoms with Crippen molar-refractivity contribution in [3.63, 3.8) is 0 Å². The number of carbonyl (C=O) groups is 2. The van der Waals surface area contributed by atoms with Gasteiger partial charge in [0.15, 0.2) is 0 Å². The first-order chi connectivity index (χ1) is 9.95. The Balaban J connectivity index is 1.84. The summed E-state index contributed by atoms with van der Waals surface area (Å²) in [5, 5.41) is 15.2. The third kappa shape index (κ3) is 4.74. The molecule has 0 aliphatic heterocycles. The van der Waals surface area contributed by atoms with E-state index in [9.17, 15) is 9.59 Å². The predicted molar refractivity (Wildman–Crippen MR) is 89.7 cm³/mol. The van der Waals surface area contributed by atoms with Crippen molar-refractivity contribution >= 4 is 51.9 Å². The number of carbonyl (C=O) groups excluding carboxylic acids is 1. The highest BCUT2D eigenvalue weighted by Gasteiger charge is 2.26. The average molecular weight is 423 g/mol. The van der Waals surface area contributed by atoms with E-state index in [1.165, 1.54) is 0 Å². The van der Waals surface area contributed by atoms with Crippen molar-refractivity contribution in [3.05, 3.63) is 26.8 Å². The lowest BCUT2D eigenvalue weighted by molar-refractivity contribution is -0.142. The molecule has 0 heterocycles. The van der Waals surface area contributed by atoms with Crippen LogP contribution in [0.2, 0.25) is 5.02 Å². The molecule has 7 heteroatoms. The number of carboxylic acid groups (broad SMARTS) is 1. The molecule has 0 unspecified atom stereocenters. The van der Waals surface area contributed by atoms with Gasteiger partial charge in [-0.05, 0) is 66.5 Å². The summed E-state index contributed by atoms with van der Waals surface area (Å²) >= 11 is 7.98. The lowest BCUT2D eigenvalue weighted by Crippen LogP contribution is -2.41. The largest absolute Gasteiger partial charge is 0.481 e. The molecule has 0 spiro atoms. The number of nitrogens with one attached hydrogen (secondary N) is 2. The molecule has 0 atom stereocenters. The lowest BCUT2D eigenvalue weighted by Gasteiger charge is -2.26. The number of aliphatic carboxylic acids is 1. The Hall–Kier alpha value is -1.02. The van der Waals surface area contributed by atoms with Gasteiger partial charge in [0.1, 0.15) is 0 Å². The molecule has 1 fully saturated rings. The fraction of sp³-hybridized carbons (Fsp3) is 0.429. The van der Waals surface area contributed by atoms with Gasteiger partial charge in [-0.3, -0.25) is 4.79 Å². The topological polar surface area (TPSA) is 78.4 Å². The van der Waals surface area contributed by atoms with Crippen LogP contribution in [0.15, 0.2) is 18.2 Å². The third-order valence-electron chi connectivity index (χ3n) is 3.59. The standard InChI is InChI=1S/C14H16ClIN2O3/c15-9-3-6-12(11(16)7-9)18-14(21)17-10-4-1-8(2-5-10)13(19)20/h3,6-8,10H,1-2,4-5H2,(H,19,20)(H2,17,18,21). The van der Waals surface area contributed by atoms with Gasteiger partial charge in [-0.15, -0.1) is 0 Å². The maximum atomic E-state index is 12.0. The molecule has 0 aromatic heterocycles. The van der Waals surface area contributed by atoms with Crippen LogP contribution in [0.5, 0.6) is 0 Å². The highest BCUT2D eigenvalue weighted by Crippen LogP contribution is 2.25. The second-order valence-electron chi connectivity index (χ2n) is 5.11. The fourth-order valence-corrected chi connectivity index (χ4v) is 3.43. The molecule has 1 aromatic rings. The minimum absolute atomic E-state index is 0.0329. The Kier molecular flexibility index (Phi) is 5.69. The van der Waals surface area contributed by atoms with Crippen molar-refractivity contribution in [1.29, 1.82) is 0 Å². The number of halogens is 2. The number of benzene rings is 1. The van der Waals surface area contributed by atoms with Gasteiger partial charge < -0.3 is 15.7 Å². The van der Waals surface area contributed by atoms with Crippen LogP contribution in [0.25, 0.3) is 0 Å². The highest BCUT2D eigenvalue weighted by molar-refractivity contribution is 14.1. The predicted octanol–water partition coefficient (Wildman–Crippen LogP) is 3.71. The van der Waals surface area contributed by atoms with Crippen LogP contribution in [0.1, 0.15) is 25.7 Å². The molecule has 1 aliphatic carbocycles. The smallest absolute Gasteiger partial charge is 0.319 e. The zero-order chi connectivity index (χ0) is 15.4. The van der Waals surface area contributed by atoms with Crippen LogP contribution < -0.4 is 10.6 Å². The Morgan fingerprint density at radius 1 is 1.24 bits per heavy atom. The first-order valence-corrected chi connectivity index (χ1v) is 8.16. The molecule has 2 rings (SSSR count). The van der Waals surface area contributed by atoms with E-state index in [1.54, 1.807) is 18.2 Å². The Labute approximate surface area is 141 Å². The normalized spacial score (nSPS) is 21.6. The molecule has 1 saturated carbocycles. The van der Waals surface area contributed by atoms with Crippen molar-refractivity contribution in [1.82, 2.24) is 5.32 Å². The lowest BCUT2D eigenvalue weighted by atomic mass is 9.86. The van der Waals surface area contributed by atoms with E-state index in [1.807, 2.05) is 0 Å². The molecule has 1 aromatic carbocycles. The SMILES string of the molecule is O=C(Nc1ccc(Cl)cc1I)NC1CCC(C(=O)O)CC1. The summed E-state index contributed by atoms with van der Waals surface area (Å²) in [6.07, 6.45) is 2.61. The number of carboxylic acids is 1. The maximum absolute atomic E-state index is 12.0. The summed E-state index contributed by atoms with van der Waals surface area (Å²) in [7, 11) is 0. The van der Waals surface area contributed by atoms with Crippen molar-refractivity contribution in [2.45, 2.75) is 31.7 Å². The number of hydrogen-bond acceptors (Lipinski definition) is 2. The van der Waals surface area contributed by atoms with Gasteiger partial charge >= 0.3 is 12.0 Å². The first kappa shape index (κ1) is 16.4. The van der Waals surface area contributed by atoms with Crippen LogP contribution in [0, 0.1) is 9.49 Å². The molecular formula is C14H16ClIN2O3. The minimum Gasteiger partial charge on any atom is -0.481 e. The van der Waals surface area contributed by atoms with Gasteiger partial charge in [0.2, 0.25) is 0 Å². The Morgan fingerprint density at radius 3 is 2.48 bits per heavy atom. The number of urea groups is 1. The molecular weight excluding hydrogens is 407 g/mol. The van der Waals surface area contributed by atoms with Gasteiger partial charge in [-0.25, -0.2) is 4.79 Å². The molecule has 0 saturated heterocycles. The third-order valence-corrected chi connectivity index (χ3v) is 4.72. The summed E-state index contributed by atoms with van der Waals surface area (Å²) in [6, 6.07) is 5.01. The number of hydrogen-bond donors (Lipinski definition) is 3. The van der Waals surface area contributed by atoms with Gasteiger partial charge in [0.05, 0.1) is 11.6 Å². The monoisotopic (exact) mass is 422 g/mol. The second-order valence-corrected chi connectivity index (χ2v) is 6.71. The van der Waals surface area contributed by atoms with E-state index in [0.717, 1.165) is 3.57 Å². The van der Waals surface area contributed by atoms with E-state index >= 15 is 0 Å². The average Bonchev–Trinajstić information content (AvgIpc) is 2.42. The number of rotatable bonds is 3. The van der Waals surface area contributed by atoms with E-state index in [4.69, 9.17) is 16.7 Å². The van der Waals surface area contributed by atoms with Gasteiger partial charge in [0.25, 0.3) is 0 Å². The quantitative estimate of drug-likeness (QED) is 0.650. The summed E-state index contributed by atoms with van der Waals surface area (Å²) < 4.78 is 0.866. The summed E-state index contributed by atoms with van der Waals surface area (Å²) in [6.45, 7) is 0. The molecule has 21 heavy (non-hydrogen) atoms. The highest BCUT2D eigenvalue weighted by atomic mass is 127. The fourth-order valence-electron chi connectivity index (χ4n) is 2.42. The van der Waals surface area contributed by atoms with E-state index < -0.39 is 5.97 Å². The molecule has 0 bridgehead atoms. The zero-order valence-corrected chi connectivity index (χ0v) is 14.1. The van der Waals surface area contributed by atoms with Crippen LogP contribution in [-0.2, 0) is 4.79 Å². The molecule has 3 N–H and O–H groups in total. The summed E-state index contributed by atoms with van der Waals surface area (Å²) in [5.74, 6) is -1.02. The molecule has 5 nitrogen and oxygen atoms in total. The van der Waals surface area contributed by atoms with E-state index in [0.29, 0.717) is 36.4 Å².